The molecule has 184 valence electrons. The highest BCUT2D eigenvalue weighted by atomic mass is 35.5. The quantitative estimate of drug-likeness (QED) is 0.526. The lowest BCUT2D eigenvalue weighted by Gasteiger charge is -2.28. The van der Waals surface area contributed by atoms with Crippen LogP contribution in [0.25, 0.3) is 0 Å². The highest BCUT2D eigenvalue weighted by Gasteiger charge is 2.33. The first-order chi connectivity index (χ1) is 15.7. The number of carbonyl (C=O) groups excluding carboxylic acids is 1. The first-order valence-corrected chi connectivity index (χ1v) is 12.0. The second-order valence-corrected chi connectivity index (χ2v) is 11.2. The summed E-state index contributed by atoms with van der Waals surface area (Å²) in [7, 11) is 0. The van der Waals surface area contributed by atoms with Crippen molar-refractivity contribution in [1.29, 1.82) is 0 Å². The Morgan fingerprint density at radius 3 is 2.18 bits per heavy atom. The molecule has 1 aliphatic heterocycles. The number of ketones is 1. The van der Waals surface area contributed by atoms with E-state index in [2.05, 4.69) is 4.51 Å². The first-order valence-electron chi connectivity index (χ1n) is 11.7. The minimum atomic E-state index is -0.318. The number of aromatic hydroxyl groups is 1. The highest BCUT2D eigenvalue weighted by Crippen LogP contribution is 2.40. The molecule has 1 aromatic heterocycles. The van der Waals surface area contributed by atoms with Crippen molar-refractivity contribution in [2.75, 3.05) is 13.2 Å². The van der Waals surface area contributed by atoms with Gasteiger partial charge in [0.2, 0.25) is 0 Å². The number of hydrogen-bond donors (Lipinski definition) is 1. The second kappa shape index (κ2) is 9.21. The van der Waals surface area contributed by atoms with Gasteiger partial charge < -0.3 is 14.7 Å². The fourth-order valence-corrected chi connectivity index (χ4v) is 4.64. The van der Waals surface area contributed by atoms with Crippen LogP contribution < -0.4 is 4.74 Å². The molecule has 1 aromatic carbocycles. The molecule has 0 spiro atoms. The van der Waals surface area contributed by atoms with E-state index in [9.17, 15) is 9.90 Å². The van der Waals surface area contributed by atoms with Gasteiger partial charge in [0.25, 0.3) is 0 Å². The van der Waals surface area contributed by atoms with E-state index in [1.807, 2.05) is 79.3 Å². The molecule has 0 atom stereocenters. The maximum absolute atomic E-state index is 13.5. The lowest BCUT2D eigenvalue weighted by atomic mass is 9.78. The Labute approximate surface area is 208 Å². The number of aromatic nitrogens is 1. The molecule has 0 saturated carbocycles. The van der Waals surface area contributed by atoms with Gasteiger partial charge in [0.05, 0.1) is 18.8 Å². The van der Waals surface area contributed by atoms with Crippen molar-refractivity contribution >= 4 is 23.4 Å². The second-order valence-electron chi connectivity index (χ2n) is 11.0. The molecule has 6 nitrogen and oxygen atoms in total. The third kappa shape index (κ3) is 4.78. The Morgan fingerprint density at radius 2 is 1.71 bits per heavy atom. The predicted octanol–water partition coefficient (Wildman–Crippen LogP) is 6.00. The van der Waals surface area contributed by atoms with Crippen LogP contribution in [0.5, 0.6) is 11.5 Å². The van der Waals surface area contributed by atoms with Crippen LogP contribution in [-0.4, -0.2) is 39.8 Å². The van der Waals surface area contributed by atoms with Crippen LogP contribution in [0.15, 0.2) is 16.6 Å². The van der Waals surface area contributed by atoms with Crippen molar-refractivity contribution in [3.05, 3.63) is 51.3 Å². The largest absolute Gasteiger partial charge is 0.507 e. The molecule has 1 aliphatic rings. The fraction of sp³-hybridized carbons (Fsp3) is 0.519. The summed E-state index contributed by atoms with van der Waals surface area (Å²) in [4.78, 5) is 20.1. The van der Waals surface area contributed by atoms with E-state index in [1.165, 1.54) is 0 Å². The summed E-state index contributed by atoms with van der Waals surface area (Å²) in [5.41, 5.74) is 4.87. The molecule has 2 heterocycles. The number of amidine groups is 1. The summed E-state index contributed by atoms with van der Waals surface area (Å²) in [6, 6.07) is 3.63. The third-order valence-corrected chi connectivity index (χ3v) is 6.46. The van der Waals surface area contributed by atoms with E-state index in [4.69, 9.17) is 21.5 Å². The zero-order chi connectivity index (χ0) is 25.6. The number of pyridine rings is 1. The van der Waals surface area contributed by atoms with Crippen LogP contribution in [0, 0.1) is 13.8 Å². The van der Waals surface area contributed by atoms with Gasteiger partial charge in [0, 0.05) is 46.1 Å². The Hall–Kier alpha value is -2.60. The lowest BCUT2D eigenvalue weighted by Crippen LogP contribution is -2.31. The number of benzene rings is 1. The molecule has 0 fully saturated rings. The maximum atomic E-state index is 13.5. The Balaban J connectivity index is 2.01. The van der Waals surface area contributed by atoms with Gasteiger partial charge in [-0.1, -0.05) is 41.5 Å². The van der Waals surface area contributed by atoms with Crippen LogP contribution >= 0.6 is 11.8 Å². The van der Waals surface area contributed by atoms with Gasteiger partial charge in [-0.05, 0) is 43.7 Å². The van der Waals surface area contributed by atoms with Gasteiger partial charge in [-0.2, -0.15) is 4.51 Å². The number of halogens is 1. The molecule has 2 aromatic rings. The van der Waals surface area contributed by atoms with E-state index in [0.29, 0.717) is 30.2 Å². The molecule has 0 bridgehead atoms. The van der Waals surface area contributed by atoms with E-state index in [-0.39, 0.29) is 28.9 Å². The van der Waals surface area contributed by atoms with E-state index in [1.54, 1.807) is 0 Å². The number of ether oxygens (including phenoxy) is 1. The van der Waals surface area contributed by atoms with Gasteiger partial charge in [0.15, 0.2) is 11.6 Å². The topological polar surface area (TPSA) is 75.0 Å². The summed E-state index contributed by atoms with van der Waals surface area (Å²) in [5, 5.41) is 11.0. The minimum absolute atomic E-state index is 0.0685. The van der Waals surface area contributed by atoms with Crippen molar-refractivity contribution in [3.63, 3.8) is 0 Å². The average Bonchev–Trinajstić information content (AvgIpc) is 3.06. The normalized spacial score (nSPS) is 15.1. The Bertz CT molecular complexity index is 1120. The predicted molar refractivity (Wildman–Crippen MR) is 138 cm³/mol. The standard InChI is InChI=1S/C27H36ClN3O3/c1-10-34-24-15(2)18-13-31(25(30-28)22(18)29-16(24)3)14-21(32)17-11-19(26(4,5)6)23(33)20(12-17)27(7,8)9/h11-12,33H,10,13-14H2,1-9H3/b30-25-. The number of aryl methyl sites for hydroxylation is 1. The van der Waals surface area contributed by atoms with E-state index >= 15 is 0 Å². The number of nitrogens with zero attached hydrogens (tertiary/aromatic N) is 3. The summed E-state index contributed by atoms with van der Waals surface area (Å²) < 4.78 is 9.77. The summed E-state index contributed by atoms with van der Waals surface area (Å²) in [5.74, 6) is 1.45. The molecule has 0 aliphatic carbocycles. The molecule has 0 amide bonds. The van der Waals surface area contributed by atoms with Gasteiger partial charge in [-0.3, -0.25) is 4.79 Å². The Morgan fingerprint density at radius 1 is 1.15 bits per heavy atom. The average molecular weight is 486 g/mol. The molecule has 0 radical (unpaired) electrons. The number of phenolic OH excluding ortho intramolecular Hbond substituents is 1. The van der Waals surface area contributed by atoms with Gasteiger partial charge in [0.1, 0.15) is 17.2 Å². The number of rotatable bonds is 5. The van der Waals surface area contributed by atoms with Crippen LogP contribution in [0.2, 0.25) is 0 Å². The summed E-state index contributed by atoms with van der Waals surface area (Å²) in [6.07, 6.45) is 0. The summed E-state index contributed by atoms with van der Waals surface area (Å²) >= 11 is 5.99. The minimum Gasteiger partial charge on any atom is -0.507 e. The Kier molecular flexibility index (Phi) is 7.05. The molecule has 7 heteroatoms. The third-order valence-electron chi connectivity index (χ3n) is 6.30. The number of fused-ring (bicyclic) bond motifs is 1. The number of Topliss-reactive ketones (excluding diaryl/α,β-unsaturated/α-hetero) is 1. The molecule has 3 rings (SSSR count). The van der Waals surface area contributed by atoms with Crippen molar-refractivity contribution in [2.24, 2.45) is 4.51 Å². The van der Waals surface area contributed by atoms with Crippen molar-refractivity contribution in [2.45, 2.75) is 79.7 Å². The smallest absolute Gasteiger partial charge is 0.182 e. The van der Waals surface area contributed by atoms with Gasteiger partial charge in [-0.15, -0.1) is 0 Å². The molecule has 0 unspecified atom stereocenters. The fourth-order valence-electron chi connectivity index (χ4n) is 4.45. The molecule has 34 heavy (non-hydrogen) atoms. The van der Waals surface area contributed by atoms with Gasteiger partial charge in [-0.25, -0.2) is 4.98 Å². The zero-order valence-electron chi connectivity index (χ0n) is 21.8. The molecular weight excluding hydrogens is 450 g/mol. The van der Waals surface area contributed by atoms with Crippen molar-refractivity contribution in [3.8, 4) is 11.5 Å². The van der Waals surface area contributed by atoms with Crippen LogP contribution in [0.1, 0.15) is 92.5 Å². The van der Waals surface area contributed by atoms with Crippen molar-refractivity contribution in [1.82, 2.24) is 9.88 Å². The lowest BCUT2D eigenvalue weighted by molar-refractivity contribution is 0.0962. The number of phenols is 1. The van der Waals surface area contributed by atoms with Crippen LogP contribution in [-0.2, 0) is 17.4 Å². The number of carbonyl (C=O) groups is 1. The SMILES string of the molecule is CCOc1c(C)nc2c(c1C)CN(CC(=O)c1cc(C(C)(C)C)c(O)c(C(C)(C)C)c1)/C2=N\Cl. The van der Waals surface area contributed by atoms with Crippen molar-refractivity contribution < 1.29 is 14.6 Å². The van der Waals surface area contributed by atoms with Gasteiger partial charge >= 0.3 is 0 Å². The molecule has 1 N–H and O–H groups in total. The van der Waals surface area contributed by atoms with E-state index < -0.39 is 0 Å². The highest BCUT2D eigenvalue weighted by molar-refractivity contribution is 6.23. The molecule has 0 saturated heterocycles. The monoisotopic (exact) mass is 485 g/mol. The maximum Gasteiger partial charge on any atom is 0.182 e. The first kappa shape index (κ1) is 26.0. The van der Waals surface area contributed by atoms with Crippen LogP contribution in [0.4, 0.5) is 0 Å². The number of hydrogen-bond acceptors (Lipinski definition) is 5. The van der Waals surface area contributed by atoms with E-state index in [0.717, 1.165) is 33.7 Å². The summed E-state index contributed by atoms with van der Waals surface area (Å²) in [6.45, 7) is 19.2. The zero-order valence-corrected chi connectivity index (χ0v) is 22.5. The molecular formula is C27H36ClN3O3. The van der Waals surface area contributed by atoms with Crippen LogP contribution in [0.3, 0.4) is 0 Å².